The number of likely N-dealkylation sites (tertiary alicyclic amines) is 1. The van der Waals surface area contributed by atoms with Gasteiger partial charge in [-0.05, 0) is 93.3 Å². The van der Waals surface area contributed by atoms with Crippen LogP contribution in [0.5, 0.6) is 0 Å². The van der Waals surface area contributed by atoms with Crippen LogP contribution in [0.3, 0.4) is 0 Å². The smallest absolute Gasteiger partial charge is 0.319 e. The lowest BCUT2D eigenvalue weighted by Gasteiger charge is -2.23. The fourth-order valence-electron chi connectivity index (χ4n) is 6.18. The lowest BCUT2D eigenvalue weighted by molar-refractivity contribution is -0.130. The minimum absolute atomic E-state index is 0.121. The van der Waals surface area contributed by atoms with Crippen LogP contribution in [-0.4, -0.2) is 65.6 Å². The van der Waals surface area contributed by atoms with Crippen molar-refractivity contribution in [3.8, 4) is 0 Å². The Balaban J connectivity index is 1.40. The molecule has 4 amide bonds. The van der Waals surface area contributed by atoms with Crippen LogP contribution in [0.4, 0.5) is 19.3 Å². The predicted octanol–water partition coefficient (Wildman–Crippen LogP) is 5.57. The van der Waals surface area contributed by atoms with E-state index in [4.69, 9.17) is 28.9 Å². The van der Waals surface area contributed by atoms with E-state index in [0.717, 1.165) is 66.6 Å². The second kappa shape index (κ2) is 17.1. The van der Waals surface area contributed by atoms with E-state index in [9.17, 15) is 23.2 Å². The number of benzene rings is 3. The molecule has 0 aliphatic carbocycles. The van der Waals surface area contributed by atoms with E-state index in [1.165, 1.54) is 6.07 Å². The Morgan fingerprint density at radius 1 is 0.900 bits per heavy atom. The maximum absolute atomic E-state index is 14.1. The summed E-state index contributed by atoms with van der Waals surface area (Å²) in [4.78, 5) is 41.9. The zero-order valence-electron chi connectivity index (χ0n) is 27.7. The number of rotatable bonds is 14. The number of anilines is 1. The van der Waals surface area contributed by atoms with Crippen LogP contribution < -0.4 is 27.0 Å². The van der Waals surface area contributed by atoms with Crippen molar-refractivity contribution in [2.75, 3.05) is 31.5 Å². The maximum Gasteiger partial charge on any atom is 0.319 e. The first-order valence-electron chi connectivity index (χ1n) is 16.6. The number of amides is 4. The average Bonchev–Trinajstić information content (AvgIpc) is 3.72. The topological polar surface area (TPSA) is 134 Å². The van der Waals surface area contributed by atoms with Gasteiger partial charge in [-0.25, -0.2) is 13.6 Å². The van der Waals surface area contributed by atoms with Crippen molar-refractivity contribution in [3.05, 3.63) is 99.2 Å². The number of carbonyl (C=O) groups excluding carboxylic acids is 3. The van der Waals surface area contributed by atoms with Crippen LogP contribution in [-0.2, 0) is 29.1 Å². The Morgan fingerprint density at radius 3 is 2.32 bits per heavy atom. The molecule has 0 saturated carbocycles. The number of nitrogens with one attached hydrogen (secondary N) is 4. The van der Waals surface area contributed by atoms with Gasteiger partial charge in [0.15, 0.2) is 11.6 Å². The van der Waals surface area contributed by atoms with E-state index in [-0.39, 0.29) is 24.9 Å². The molecule has 5 rings (SSSR count). The average molecular weight is 729 g/mol. The molecule has 3 aromatic carbocycles. The molecule has 4 aromatic rings. The molecule has 0 unspecified atom stereocenters. The lowest BCUT2D eigenvalue weighted by Crippen LogP contribution is -2.55. The Morgan fingerprint density at radius 2 is 1.64 bits per heavy atom. The first-order valence-corrected chi connectivity index (χ1v) is 17.4. The summed E-state index contributed by atoms with van der Waals surface area (Å²) in [6, 6.07) is 11.2. The van der Waals surface area contributed by atoms with Crippen molar-refractivity contribution < 1.29 is 23.2 Å². The van der Waals surface area contributed by atoms with Crippen LogP contribution >= 0.6 is 23.2 Å². The number of fused-ring (bicyclic) bond motifs is 1. The number of likely N-dealkylation sites (N-methyl/N-ethyl adjacent to an activating group) is 1. The summed E-state index contributed by atoms with van der Waals surface area (Å²) in [5, 5.41) is 12.8. The van der Waals surface area contributed by atoms with Crippen molar-refractivity contribution in [1.82, 2.24) is 25.4 Å². The SMILES string of the molecule is CCNC(=O)[C@H](CCN)NC(=O)[C@H](Cc1ccc(F)c(F)c1)NC(=O)Nc1ccc2c(CN3CCCC3)cn(Cc3c(Cl)cccc3Cl)c2c1. The van der Waals surface area contributed by atoms with Gasteiger partial charge in [0, 0.05) is 52.4 Å². The number of hydrogen-bond acceptors (Lipinski definition) is 5. The molecule has 10 nitrogen and oxygen atoms in total. The van der Waals surface area contributed by atoms with E-state index in [1.807, 2.05) is 12.1 Å². The summed E-state index contributed by atoms with van der Waals surface area (Å²) in [7, 11) is 0. The van der Waals surface area contributed by atoms with Crippen molar-refractivity contribution >= 4 is 57.6 Å². The number of nitrogens with zero attached hydrogens (tertiary/aromatic N) is 2. The lowest BCUT2D eigenvalue weighted by atomic mass is 10.0. The molecule has 0 radical (unpaired) electrons. The monoisotopic (exact) mass is 727 g/mol. The predicted molar refractivity (Wildman–Crippen MR) is 192 cm³/mol. The quantitative estimate of drug-likeness (QED) is 0.116. The van der Waals surface area contributed by atoms with Gasteiger partial charge in [0.2, 0.25) is 11.8 Å². The molecule has 2 atom stereocenters. The molecule has 0 bridgehead atoms. The van der Waals surface area contributed by atoms with E-state index >= 15 is 0 Å². The van der Waals surface area contributed by atoms with E-state index < -0.39 is 41.6 Å². The molecule has 6 N–H and O–H groups in total. The summed E-state index contributed by atoms with van der Waals surface area (Å²) < 4.78 is 29.8. The summed E-state index contributed by atoms with van der Waals surface area (Å²) in [6.45, 7) is 5.43. The van der Waals surface area contributed by atoms with Crippen molar-refractivity contribution in [2.45, 2.75) is 57.8 Å². The van der Waals surface area contributed by atoms with Gasteiger partial charge < -0.3 is 31.6 Å². The van der Waals surface area contributed by atoms with Gasteiger partial charge in [0.1, 0.15) is 12.1 Å². The third-order valence-corrected chi connectivity index (χ3v) is 9.40. The van der Waals surface area contributed by atoms with Crippen LogP contribution in [0.15, 0.2) is 60.8 Å². The van der Waals surface area contributed by atoms with Crippen molar-refractivity contribution in [1.29, 1.82) is 0 Å². The van der Waals surface area contributed by atoms with Crippen LogP contribution in [0.1, 0.15) is 42.9 Å². The van der Waals surface area contributed by atoms with E-state index in [1.54, 1.807) is 31.2 Å². The van der Waals surface area contributed by atoms with Gasteiger partial charge in [-0.1, -0.05) is 41.4 Å². The van der Waals surface area contributed by atoms with Gasteiger partial charge in [0.05, 0.1) is 12.1 Å². The molecular weight excluding hydrogens is 687 g/mol. The maximum atomic E-state index is 14.1. The van der Waals surface area contributed by atoms with Crippen LogP contribution in [0, 0.1) is 11.6 Å². The molecule has 1 aliphatic heterocycles. The van der Waals surface area contributed by atoms with Crippen molar-refractivity contribution in [3.63, 3.8) is 0 Å². The summed E-state index contributed by atoms with van der Waals surface area (Å²) in [5.41, 5.74) is 9.13. The highest BCUT2D eigenvalue weighted by Crippen LogP contribution is 2.31. The van der Waals surface area contributed by atoms with Gasteiger partial charge in [0.25, 0.3) is 0 Å². The zero-order valence-corrected chi connectivity index (χ0v) is 29.2. The molecule has 50 heavy (non-hydrogen) atoms. The van der Waals surface area contributed by atoms with Gasteiger partial charge in [-0.15, -0.1) is 0 Å². The highest BCUT2D eigenvalue weighted by Gasteiger charge is 2.27. The van der Waals surface area contributed by atoms with Gasteiger partial charge in [-0.2, -0.15) is 0 Å². The summed E-state index contributed by atoms with van der Waals surface area (Å²) >= 11 is 13.1. The van der Waals surface area contributed by atoms with Gasteiger partial charge >= 0.3 is 6.03 Å². The molecule has 266 valence electrons. The summed E-state index contributed by atoms with van der Waals surface area (Å²) in [6.07, 6.45) is 4.38. The minimum atomic E-state index is -1.25. The Bertz CT molecular complexity index is 1830. The number of halogens is 4. The molecule has 2 heterocycles. The minimum Gasteiger partial charge on any atom is -0.355 e. The number of aromatic nitrogens is 1. The molecule has 1 fully saturated rings. The number of carbonyl (C=O) groups is 3. The highest BCUT2D eigenvalue weighted by molar-refractivity contribution is 6.36. The Hall–Kier alpha value is -4.23. The molecule has 14 heteroatoms. The second-order valence-electron chi connectivity index (χ2n) is 12.3. The zero-order chi connectivity index (χ0) is 35.8. The van der Waals surface area contributed by atoms with Gasteiger partial charge in [-0.3, -0.25) is 14.5 Å². The second-order valence-corrected chi connectivity index (χ2v) is 13.1. The first kappa shape index (κ1) is 37.0. The van der Waals surface area contributed by atoms with Crippen molar-refractivity contribution in [2.24, 2.45) is 5.73 Å². The van der Waals surface area contributed by atoms with Crippen LogP contribution in [0.25, 0.3) is 10.9 Å². The summed E-state index contributed by atoms with van der Waals surface area (Å²) in [5.74, 6) is -3.25. The van der Waals surface area contributed by atoms with E-state index in [0.29, 0.717) is 28.8 Å². The van der Waals surface area contributed by atoms with Crippen LogP contribution in [0.2, 0.25) is 10.0 Å². The standard InChI is InChI=1S/C36H41Cl2F2N7O3/c1-2-42-34(48)31(12-13-41)44-35(49)32(17-22-8-11-29(39)30(40)16-22)45-36(50)43-24-9-10-25-23(19-46-14-3-4-15-46)20-47(33(25)18-24)21-26-27(37)6-5-7-28(26)38/h5-11,16,18,20,31-32H,2-4,12-15,17,19,21,41H2,1H3,(H,42,48)(H,44,49)(H2,43,45,50)/t31-,32-/m0/s1. The number of hydrogen-bond donors (Lipinski definition) is 5. The molecule has 1 aliphatic rings. The first-order chi connectivity index (χ1) is 24.1. The molecule has 1 saturated heterocycles. The van der Waals surface area contributed by atoms with E-state index in [2.05, 4.69) is 36.9 Å². The number of urea groups is 1. The third-order valence-electron chi connectivity index (χ3n) is 8.69. The molecular formula is C36H41Cl2F2N7O3. The third kappa shape index (κ3) is 9.30. The molecule has 0 spiro atoms. The fourth-order valence-corrected chi connectivity index (χ4v) is 6.70. The highest BCUT2D eigenvalue weighted by atomic mass is 35.5. The Kier molecular flexibility index (Phi) is 12.7. The molecule has 1 aromatic heterocycles. The normalized spacial score (nSPS) is 14.4. The fraction of sp³-hybridized carbons (Fsp3) is 0.361. The largest absolute Gasteiger partial charge is 0.355 e. The number of nitrogens with two attached hydrogens (primary N) is 1. The Labute approximate surface area is 299 Å².